The van der Waals surface area contributed by atoms with E-state index in [1.54, 1.807) is 0 Å². The molecule has 24 heavy (non-hydrogen) atoms. The van der Waals surface area contributed by atoms with Gasteiger partial charge in [-0.25, -0.2) is 0 Å². The monoisotopic (exact) mass is 329 g/mol. The lowest BCUT2D eigenvalue weighted by Crippen LogP contribution is -2.50. The highest BCUT2D eigenvalue weighted by molar-refractivity contribution is 5.90. The molecule has 2 fully saturated rings. The van der Waals surface area contributed by atoms with Crippen LogP contribution < -0.4 is 5.32 Å². The van der Waals surface area contributed by atoms with Crippen LogP contribution in [0.25, 0.3) is 0 Å². The summed E-state index contributed by atoms with van der Waals surface area (Å²) in [6.07, 6.45) is 3.30. The third-order valence-corrected chi connectivity index (χ3v) is 6.56. The molecule has 4 heteroatoms. The van der Waals surface area contributed by atoms with E-state index in [1.165, 1.54) is 7.11 Å². The van der Waals surface area contributed by atoms with E-state index in [0.717, 1.165) is 18.4 Å². The Hall–Kier alpha value is -1.68. The van der Waals surface area contributed by atoms with Gasteiger partial charge in [0.2, 0.25) is 0 Å². The number of methoxy groups -OCH3 is 1. The zero-order valence-electron chi connectivity index (χ0n) is 14.8. The molecule has 1 aromatic rings. The van der Waals surface area contributed by atoms with Gasteiger partial charge < -0.3 is 10.1 Å². The fraction of sp³-hybridized carbons (Fsp3) is 0.600. The lowest BCUT2D eigenvalue weighted by molar-refractivity contribution is -0.144. The zero-order valence-corrected chi connectivity index (χ0v) is 14.8. The molecular formula is C20H27NO3. The fourth-order valence-electron chi connectivity index (χ4n) is 4.71. The minimum Gasteiger partial charge on any atom is -0.468 e. The summed E-state index contributed by atoms with van der Waals surface area (Å²) in [6, 6.07) is 9.48. The molecule has 0 aromatic heterocycles. The van der Waals surface area contributed by atoms with Crippen molar-refractivity contribution in [3.05, 3.63) is 35.9 Å². The van der Waals surface area contributed by atoms with Crippen molar-refractivity contribution in [1.82, 2.24) is 5.32 Å². The van der Waals surface area contributed by atoms with Crippen molar-refractivity contribution < 1.29 is 14.3 Å². The van der Waals surface area contributed by atoms with E-state index < -0.39 is 6.04 Å². The smallest absolute Gasteiger partial charge is 0.323 e. The second-order valence-electron chi connectivity index (χ2n) is 7.81. The maximum Gasteiger partial charge on any atom is 0.323 e. The number of hydrogen-bond donors (Lipinski definition) is 1. The Bertz CT molecular complexity index is 625. The van der Waals surface area contributed by atoms with Gasteiger partial charge in [0.05, 0.1) is 7.11 Å². The van der Waals surface area contributed by atoms with Crippen LogP contribution in [0.4, 0.5) is 0 Å². The minimum atomic E-state index is -0.421. The molecule has 3 rings (SSSR count). The fourth-order valence-corrected chi connectivity index (χ4v) is 4.71. The minimum absolute atomic E-state index is 0.00446. The SMILES string of the molecule is COC(=O)[C@H](Cc1ccccc1)NCC12CCC(CC1=O)C2(C)C. The van der Waals surface area contributed by atoms with Crippen molar-refractivity contribution in [2.24, 2.45) is 16.7 Å². The molecule has 1 aromatic carbocycles. The second kappa shape index (κ2) is 6.32. The summed E-state index contributed by atoms with van der Waals surface area (Å²) in [5.74, 6) is 0.574. The average molecular weight is 329 g/mol. The normalized spacial score (nSPS) is 28.8. The molecular weight excluding hydrogens is 302 g/mol. The summed E-state index contributed by atoms with van der Waals surface area (Å²) in [4.78, 5) is 24.8. The van der Waals surface area contributed by atoms with Gasteiger partial charge in [0.25, 0.3) is 0 Å². The largest absolute Gasteiger partial charge is 0.468 e. The van der Waals surface area contributed by atoms with Crippen LogP contribution in [0, 0.1) is 16.7 Å². The number of ketones is 1. The molecule has 0 amide bonds. The topological polar surface area (TPSA) is 55.4 Å². The summed E-state index contributed by atoms with van der Waals surface area (Å²) >= 11 is 0. The number of carbonyl (C=O) groups is 2. The van der Waals surface area contributed by atoms with Crippen molar-refractivity contribution in [2.45, 2.75) is 45.6 Å². The molecule has 0 heterocycles. The molecule has 0 aliphatic heterocycles. The predicted octanol–water partition coefficient (Wildman–Crippen LogP) is 2.76. The molecule has 2 unspecified atom stereocenters. The molecule has 2 aliphatic carbocycles. The van der Waals surface area contributed by atoms with Gasteiger partial charge in [-0.05, 0) is 36.2 Å². The van der Waals surface area contributed by atoms with Gasteiger partial charge in [-0.2, -0.15) is 0 Å². The first-order chi connectivity index (χ1) is 11.4. The molecule has 0 spiro atoms. The summed E-state index contributed by atoms with van der Waals surface area (Å²) in [5.41, 5.74) is 0.754. The molecule has 4 nitrogen and oxygen atoms in total. The molecule has 0 radical (unpaired) electrons. The number of fused-ring (bicyclic) bond motifs is 2. The van der Waals surface area contributed by atoms with Gasteiger partial charge in [0.1, 0.15) is 11.8 Å². The van der Waals surface area contributed by atoms with Gasteiger partial charge in [0, 0.05) is 18.4 Å². The van der Waals surface area contributed by atoms with Crippen LogP contribution in [0.3, 0.4) is 0 Å². The molecule has 2 aliphatic rings. The van der Waals surface area contributed by atoms with E-state index in [4.69, 9.17) is 4.74 Å². The van der Waals surface area contributed by atoms with Crippen LogP contribution in [0.1, 0.15) is 38.7 Å². The Morgan fingerprint density at radius 3 is 2.58 bits per heavy atom. The van der Waals surface area contributed by atoms with E-state index in [1.807, 2.05) is 30.3 Å². The second-order valence-corrected chi connectivity index (χ2v) is 7.81. The van der Waals surface area contributed by atoms with E-state index in [9.17, 15) is 9.59 Å². The van der Waals surface area contributed by atoms with Crippen LogP contribution >= 0.6 is 0 Å². The van der Waals surface area contributed by atoms with E-state index >= 15 is 0 Å². The number of Topliss-reactive ketones (excluding diaryl/α,β-unsaturated/α-hetero) is 1. The van der Waals surface area contributed by atoms with E-state index in [2.05, 4.69) is 19.2 Å². The molecule has 2 saturated carbocycles. The Labute approximate surface area is 144 Å². The van der Waals surface area contributed by atoms with Crippen LogP contribution in [-0.4, -0.2) is 31.4 Å². The van der Waals surface area contributed by atoms with Gasteiger partial charge in [-0.15, -0.1) is 0 Å². The maximum atomic E-state index is 12.6. The maximum absolute atomic E-state index is 12.6. The van der Waals surface area contributed by atoms with Crippen LogP contribution in [0.5, 0.6) is 0 Å². The van der Waals surface area contributed by atoms with Gasteiger partial charge in [0.15, 0.2) is 0 Å². The van der Waals surface area contributed by atoms with Gasteiger partial charge >= 0.3 is 5.97 Å². The van der Waals surface area contributed by atoms with Crippen molar-refractivity contribution in [1.29, 1.82) is 0 Å². The number of esters is 1. The van der Waals surface area contributed by atoms with Crippen molar-refractivity contribution in [2.75, 3.05) is 13.7 Å². The van der Waals surface area contributed by atoms with Crippen LogP contribution in [0.2, 0.25) is 0 Å². The zero-order chi connectivity index (χ0) is 17.4. The predicted molar refractivity (Wildman–Crippen MR) is 92.5 cm³/mol. The highest BCUT2D eigenvalue weighted by Gasteiger charge is 2.63. The van der Waals surface area contributed by atoms with E-state index in [0.29, 0.717) is 31.1 Å². The molecule has 2 bridgehead atoms. The first kappa shape index (κ1) is 17.2. The lowest BCUT2D eigenvalue weighted by Gasteiger charge is -2.37. The number of rotatable bonds is 6. The van der Waals surface area contributed by atoms with Crippen LogP contribution in [-0.2, 0) is 20.7 Å². The number of ether oxygens (including phenoxy) is 1. The van der Waals surface area contributed by atoms with Crippen molar-refractivity contribution in [3.63, 3.8) is 0 Å². The average Bonchev–Trinajstić information content (AvgIpc) is 2.93. The van der Waals surface area contributed by atoms with Gasteiger partial charge in [-0.1, -0.05) is 44.2 Å². The third-order valence-electron chi connectivity index (χ3n) is 6.56. The Balaban J connectivity index is 1.74. The number of hydrogen-bond acceptors (Lipinski definition) is 4. The van der Waals surface area contributed by atoms with Gasteiger partial charge in [-0.3, -0.25) is 9.59 Å². The Kier molecular flexibility index (Phi) is 4.52. The first-order valence-electron chi connectivity index (χ1n) is 8.79. The Morgan fingerprint density at radius 2 is 2.04 bits per heavy atom. The summed E-state index contributed by atoms with van der Waals surface area (Å²) in [6.45, 7) is 4.98. The summed E-state index contributed by atoms with van der Waals surface area (Å²) in [7, 11) is 1.41. The lowest BCUT2D eigenvalue weighted by atomic mass is 9.68. The molecule has 130 valence electrons. The molecule has 0 saturated heterocycles. The number of carbonyl (C=O) groups excluding carboxylic acids is 2. The summed E-state index contributed by atoms with van der Waals surface area (Å²) in [5, 5.41) is 3.37. The van der Waals surface area contributed by atoms with E-state index in [-0.39, 0.29) is 16.8 Å². The third kappa shape index (κ3) is 2.67. The highest BCUT2D eigenvalue weighted by atomic mass is 16.5. The summed E-state index contributed by atoms with van der Waals surface area (Å²) < 4.78 is 4.97. The Morgan fingerprint density at radius 1 is 1.33 bits per heavy atom. The number of nitrogens with one attached hydrogen (secondary N) is 1. The quantitative estimate of drug-likeness (QED) is 0.816. The van der Waals surface area contributed by atoms with Crippen molar-refractivity contribution in [3.8, 4) is 0 Å². The molecule has 3 atom stereocenters. The van der Waals surface area contributed by atoms with Crippen LogP contribution in [0.15, 0.2) is 30.3 Å². The highest BCUT2D eigenvalue weighted by Crippen LogP contribution is 2.63. The first-order valence-corrected chi connectivity index (χ1v) is 8.79. The van der Waals surface area contributed by atoms with Crippen molar-refractivity contribution >= 4 is 11.8 Å². The molecule has 1 N–H and O–H groups in total. The standard InChI is InChI=1S/C20H27NO3/c1-19(2)15-9-10-20(19,17(22)12-15)13-21-16(18(23)24-3)11-14-7-5-4-6-8-14/h4-8,15-16,21H,9-13H2,1-3H3/t15?,16-,20?/m0/s1. The number of benzene rings is 1.